The average molecular weight is 305 g/mol. The van der Waals surface area contributed by atoms with E-state index in [2.05, 4.69) is 22.5 Å². The molecule has 1 atom stereocenters. The lowest BCUT2D eigenvalue weighted by molar-refractivity contribution is -0.145. The van der Waals surface area contributed by atoms with E-state index >= 15 is 0 Å². The van der Waals surface area contributed by atoms with Gasteiger partial charge >= 0.3 is 5.97 Å². The second-order valence-electron chi connectivity index (χ2n) is 3.93. The molecule has 0 saturated heterocycles. The van der Waals surface area contributed by atoms with Gasteiger partial charge in [-0.25, -0.2) is 8.78 Å². The molecular weight excluding hydrogens is 294 g/mol. The van der Waals surface area contributed by atoms with Crippen molar-refractivity contribution in [3.63, 3.8) is 0 Å². The highest BCUT2D eigenvalue weighted by Crippen LogP contribution is 2.30. The molecule has 92 valence electrons. The van der Waals surface area contributed by atoms with Crippen LogP contribution in [0.25, 0.3) is 0 Å². The van der Waals surface area contributed by atoms with Crippen molar-refractivity contribution in [2.75, 3.05) is 0 Å². The number of halogens is 3. The molecule has 0 bridgehead atoms. The number of benzene rings is 1. The van der Waals surface area contributed by atoms with Crippen molar-refractivity contribution in [1.82, 2.24) is 0 Å². The van der Waals surface area contributed by atoms with Gasteiger partial charge in [0.15, 0.2) is 0 Å². The zero-order valence-corrected chi connectivity index (χ0v) is 10.7. The van der Waals surface area contributed by atoms with Gasteiger partial charge in [0.1, 0.15) is 11.6 Å². The van der Waals surface area contributed by atoms with Crippen LogP contribution in [0.3, 0.4) is 0 Å². The number of hydrogen-bond acceptors (Lipinski definition) is 1. The van der Waals surface area contributed by atoms with E-state index in [0.29, 0.717) is 0 Å². The summed E-state index contributed by atoms with van der Waals surface area (Å²) in [6, 6.07) is 2.33. The van der Waals surface area contributed by atoms with E-state index in [4.69, 9.17) is 5.11 Å². The van der Waals surface area contributed by atoms with Crippen LogP contribution in [0.5, 0.6) is 0 Å². The number of carboxylic acids is 1. The lowest BCUT2D eigenvalue weighted by Gasteiger charge is -2.21. The molecule has 2 nitrogen and oxygen atoms in total. The molecule has 0 amide bonds. The van der Waals surface area contributed by atoms with Crippen molar-refractivity contribution in [3.05, 3.63) is 46.5 Å². The molecule has 1 aromatic rings. The van der Waals surface area contributed by atoms with Crippen LogP contribution in [-0.2, 0) is 11.2 Å². The lowest BCUT2D eigenvalue weighted by Crippen LogP contribution is -2.28. The summed E-state index contributed by atoms with van der Waals surface area (Å²) in [6.07, 6.45) is 0.887. The summed E-state index contributed by atoms with van der Waals surface area (Å²) in [5, 5.41) is 9.02. The monoisotopic (exact) mass is 304 g/mol. The van der Waals surface area contributed by atoms with E-state index in [9.17, 15) is 13.6 Å². The van der Waals surface area contributed by atoms with E-state index in [-0.39, 0.29) is 16.5 Å². The van der Waals surface area contributed by atoms with E-state index in [0.717, 1.165) is 6.07 Å². The van der Waals surface area contributed by atoms with Gasteiger partial charge in [0, 0.05) is 5.56 Å². The van der Waals surface area contributed by atoms with E-state index in [1.54, 1.807) is 0 Å². The van der Waals surface area contributed by atoms with Crippen LogP contribution in [0.1, 0.15) is 12.5 Å². The molecule has 1 N–H and O–H groups in total. The predicted octanol–water partition coefficient (Wildman–Crippen LogP) is 3.55. The highest BCUT2D eigenvalue weighted by atomic mass is 79.9. The quantitative estimate of drug-likeness (QED) is 0.682. The van der Waals surface area contributed by atoms with Crippen LogP contribution >= 0.6 is 15.9 Å². The van der Waals surface area contributed by atoms with Crippen molar-refractivity contribution in [1.29, 1.82) is 0 Å². The van der Waals surface area contributed by atoms with Crippen molar-refractivity contribution < 1.29 is 18.7 Å². The summed E-state index contributed by atoms with van der Waals surface area (Å²) < 4.78 is 27.3. The lowest BCUT2D eigenvalue weighted by atomic mass is 9.83. The molecule has 0 aliphatic rings. The van der Waals surface area contributed by atoms with Crippen LogP contribution in [0.2, 0.25) is 0 Å². The first kappa shape index (κ1) is 13.8. The minimum Gasteiger partial charge on any atom is -0.481 e. The van der Waals surface area contributed by atoms with E-state index in [1.165, 1.54) is 19.1 Å². The fourth-order valence-corrected chi connectivity index (χ4v) is 1.70. The Labute approximate surface area is 106 Å². The van der Waals surface area contributed by atoms with Gasteiger partial charge in [0.05, 0.1) is 9.89 Å². The summed E-state index contributed by atoms with van der Waals surface area (Å²) in [4.78, 5) is 11.0. The molecule has 0 aromatic heterocycles. The number of hydrogen-bond donors (Lipinski definition) is 1. The van der Waals surface area contributed by atoms with Gasteiger partial charge in [-0.15, -0.1) is 6.58 Å². The summed E-state index contributed by atoms with van der Waals surface area (Å²) in [7, 11) is 0. The third kappa shape index (κ3) is 2.72. The Balaban J connectivity index is 3.23. The smallest absolute Gasteiger partial charge is 0.313 e. The molecule has 17 heavy (non-hydrogen) atoms. The molecule has 5 heteroatoms. The van der Waals surface area contributed by atoms with Crippen LogP contribution in [-0.4, -0.2) is 11.1 Å². The SMILES string of the molecule is C=CC(C)(Cc1c(F)ccc(Br)c1F)C(=O)O. The van der Waals surface area contributed by atoms with Crippen LogP contribution < -0.4 is 0 Å². The first-order valence-electron chi connectivity index (χ1n) is 4.81. The molecule has 0 radical (unpaired) electrons. The topological polar surface area (TPSA) is 37.3 Å². The van der Waals surface area contributed by atoms with E-state index in [1.807, 2.05) is 0 Å². The molecular formula is C12H11BrF2O2. The van der Waals surface area contributed by atoms with Crippen LogP contribution in [0, 0.1) is 17.0 Å². The van der Waals surface area contributed by atoms with Gasteiger partial charge < -0.3 is 5.11 Å². The summed E-state index contributed by atoms with van der Waals surface area (Å²) in [6.45, 7) is 4.76. The Morgan fingerprint density at radius 3 is 2.65 bits per heavy atom. The second-order valence-corrected chi connectivity index (χ2v) is 4.78. The maximum Gasteiger partial charge on any atom is 0.313 e. The van der Waals surface area contributed by atoms with Gasteiger partial charge in [-0.2, -0.15) is 0 Å². The molecule has 0 saturated carbocycles. The first-order valence-corrected chi connectivity index (χ1v) is 5.60. The third-order valence-corrected chi connectivity index (χ3v) is 3.23. The Morgan fingerprint density at radius 2 is 2.18 bits per heavy atom. The summed E-state index contributed by atoms with van der Waals surface area (Å²) >= 11 is 2.93. The predicted molar refractivity (Wildman–Crippen MR) is 63.7 cm³/mol. The van der Waals surface area contributed by atoms with Gasteiger partial charge in [-0.3, -0.25) is 4.79 Å². The van der Waals surface area contributed by atoms with Crippen molar-refractivity contribution in [3.8, 4) is 0 Å². The van der Waals surface area contributed by atoms with Gasteiger partial charge in [-0.05, 0) is 41.4 Å². The number of rotatable bonds is 4. The Kier molecular flexibility index (Phi) is 4.03. The Morgan fingerprint density at radius 1 is 1.59 bits per heavy atom. The van der Waals surface area contributed by atoms with Crippen molar-refractivity contribution >= 4 is 21.9 Å². The minimum absolute atomic E-state index is 0.103. The fourth-order valence-electron chi connectivity index (χ4n) is 1.33. The Hall–Kier alpha value is -1.23. The molecule has 0 aliphatic heterocycles. The standard InChI is InChI=1S/C12H11BrF2O2/c1-3-12(2,11(16)17)6-7-9(14)5-4-8(13)10(7)15/h3-5H,1,6H2,2H3,(H,16,17). The van der Waals surface area contributed by atoms with Crippen molar-refractivity contribution in [2.24, 2.45) is 5.41 Å². The van der Waals surface area contributed by atoms with Gasteiger partial charge in [0.25, 0.3) is 0 Å². The second kappa shape index (κ2) is 4.96. The average Bonchev–Trinajstić information content (AvgIpc) is 2.29. The molecule has 0 fully saturated rings. The number of carboxylic acid groups (broad SMARTS) is 1. The zero-order chi connectivity index (χ0) is 13.2. The minimum atomic E-state index is -1.40. The van der Waals surface area contributed by atoms with Crippen LogP contribution in [0.15, 0.2) is 29.3 Å². The number of aliphatic carboxylic acids is 1. The highest BCUT2D eigenvalue weighted by Gasteiger charge is 2.32. The van der Waals surface area contributed by atoms with Crippen molar-refractivity contribution in [2.45, 2.75) is 13.3 Å². The largest absolute Gasteiger partial charge is 0.481 e. The normalized spacial score (nSPS) is 14.1. The Bertz CT molecular complexity index is 474. The van der Waals surface area contributed by atoms with Gasteiger partial charge in [-0.1, -0.05) is 6.08 Å². The fraction of sp³-hybridized carbons (Fsp3) is 0.250. The molecule has 0 aliphatic carbocycles. The zero-order valence-electron chi connectivity index (χ0n) is 9.14. The summed E-state index contributed by atoms with van der Waals surface area (Å²) in [5.74, 6) is -2.72. The molecule has 1 aromatic carbocycles. The molecule has 1 rings (SSSR count). The molecule has 0 heterocycles. The van der Waals surface area contributed by atoms with E-state index < -0.39 is 23.0 Å². The number of carbonyl (C=O) groups is 1. The van der Waals surface area contributed by atoms with Gasteiger partial charge in [0.2, 0.25) is 0 Å². The molecule has 1 unspecified atom stereocenters. The third-order valence-electron chi connectivity index (χ3n) is 2.62. The summed E-state index contributed by atoms with van der Waals surface area (Å²) in [5.41, 5.74) is -1.66. The van der Waals surface area contributed by atoms with Crippen LogP contribution in [0.4, 0.5) is 8.78 Å². The molecule has 0 spiro atoms. The highest BCUT2D eigenvalue weighted by molar-refractivity contribution is 9.10. The maximum atomic E-state index is 13.7. The maximum absolute atomic E-state index is 13.7. The first-order chi connectivity index (χ1) is 7.81.